The van der Waals surface area contributed by atoms with Gasteiger partial charge in [-0.05, 0) is 50.2 Å². The number of carbonyl (C=O) groups excluding carboxylic acids is 2. The van der Waals surface area contributed by atoms with Crippen LogP contribution in [0.3, 0.4) is 0 Å². The van der Waals surface area contributed by atoms with Crippen molar-refractivity contribution in [2.75, 3.05) is 10.6 Å². The Hall–Kier alpha value is -2.11. The van der Waals surface area contributed by atoms with Gasteiger partial charge in [-0.2, -0.15) is 0 Å². The van der Waals surface area contributed by atoms with Crippen molar-refractivity contribution >= 4 is 46.4 Å². The predicted octanol–water partition coefficient (Wildman–Crippen LogP) is 4.74. The van der Waals surface area contributed by atoms with E-state index in [1.165, 1.54) is 44.2 Å². The summed E-state index contributed by atoms with van der Waals surface area (Å²) in [4.78, 5) is 24.8. The van der Waals surface area contributed by atoms with E-state index in [0.29, 0.717) is 10.7 Å². The molecule has 0 aliphatic carbocycles. The lowest BCUT2D eigenvalue weighted by molar-refractivity contribution is -0.135. The number of nitrogens with one attached hydrogen (secondary N) is 2. The highest BCUT2D eigenvalue weighted by Crippen LogP contribution is 2.28. The maximum atomic E-state index is 13.2. The summed E-state index contributed by atoms with van der Waals surface area (Å²) in [6, 6.07) is 10.0. The van der Waals surface area contributed by atoms with Gasteiger partial charge in [0.2, 0.25) is 11.8 Å². The van der Waals surface area contributed by atoms with Crippen LogP contribution >= 0.6 is 23.2 Å². The van der Waals surface area contributed by atoms with Gasteiger partial charge in [-0.1, -0.05) is 29.3 Å². The lowest BCUT2D eigenvalue weighted by atomic mass is 9.90. The molecule has 0 saturated heterocycles. The molecular weight excluding hydrogens is 354 g/mol. The Morgan fingerprint density at radius 1 is 1.00 bits per heavy atom. The molecule has 0 heterocycles. The molecule has 0 saturated carbocycles. The van der Waals surface area contributed by atoms with E-state index in [2.05, 4.69) is 10.6 Å². The smallest absolute Gasteiger partial charge is 0.239 e. The lowest BCUT2D eigenvalue weighted by Gasteiger charge is -2.23. The Kier molecular flexibility index (Phi) is 5.47. The number of rotatable bonds is 4. The quantitative estimate of drug-likeness (QED) is 0.765. The normalized spacial score (nSPS) is 11.0. The Labute approximate surface area is 149 Å². The van der Waals surface area contributed by atoms with Gasteiger partial charge in [0.1, 0.15) is 11.2 Å². The van der Waals surface area contributed by atoms with E-state index in [-0.39, 0.29) is 10.7 Å². The lowest BCUT2D eigenvalue weighted by Crippen LogP contribution is -2.41. The Morgan fingerprint density at radius 2 is 1.67 bits per heavy atom. The summed E-state index contributed by atoms with van der Waals surface area (Å²) in [7, 11) is 0. The summed E-state index contributed by atoms with van der Waals surface area (Å²) >= 11 is 11.8. The minimum atomic E-state index is -1.41. The van der Waals surface area contributed by atoms with Gasteiger partial charge in [-0.3, -0.25) is 9.59 Å². The summed E-state index contributed by atoms with van der Waals surface area (Å²) in [6.07, 6.45) is 0. The van der Waals surface area contributed by atoms with Crippen molar-refractivity contribution in [1.29, 1.82) is 0 Å². The van der Waals surface area contributed by atoms with Crippen LogP contribution in [0.15, 0.2) is 42.5 Å². The van der Waals surface area contributed by atoms with Crippen molar-refractivity contribution in [2.24, 2.45) is 5.41 Å². The molecule has 0 aliphatic heterocycles. The molecule has 2 N–H and O–H groups in total. The fourth-order valence-electron chi connectivity index (χ4n) is 1.83. The zero-order valence-electron chi connectivity index (χ0n) is 13.0. The molecule has 2 aromatic carbocycles. The molecule has 2 amide bonds. The van der Waals surface area contributed by atoms with Crippen LogP contribution in [0.1, 0.15) is 13.8 Å². The van der Waals surface area contributed by atoms with Gasteiger partial charge in [0.15, 0.2) is 0 Å². The van der Waals surface area contributed by atoms with Gasteiger partial charge >= 0.3 is 0 Å². The number of amides is 2. The molecule has 2 aromatic rings. The minimum absolute atomic E-state index is 0.261. The first kappa shape index (κ1) is 18.2. The fourth-order valence-corrected chi connectivity index (χ4v) is 2.28. The molecule has 0 unspecified atom stereocenters. The van der Waals surface area contributed by atoms with Gasteiger partial charge in [0.25, 0.3) is 0 Å². The number of benzene rings is 2. The first-order valence-electron chi connectivity index (χ1n) is 7.03. The summed E-state index contributed by atoms with van der Waals surface area (Å²) in [5.74, 6) is -1.61. The van der Waals surface area contributed by atoms with E-state index in [1.807, 2.05) is 0 Å². The molecule has 4 nitrogen and oxygen atoms in total. The van der Waals surface area contributed by atoms with Gasteiger partial charge in [-0.15, -0.1) is 0 Å². The van der Waals surface area contributed by atoms with Crippen LogP contribution in [0.25, 0.3) is 0 Å². The molecule has 0 fully saturated rings. The first-order chi connectivity index (χ1) is 11.2. The maximum Gasteiger partial charge on any atom is 0.239 e. The molecule has 0 bridgehead atoms. The third-order valence-electron chi connectivity index (χ3n) is 3.40. The van der Waals surface area contributed by atoms with Crippen molar-refractivity contribution in [3.63, 3.8) is 0 Å². The Bertz CT molecular complexity index is 794. The van der Waals surface area contributed by atoms with Crippen molar-refractivity contribution in [1.82, 2.24) is 0 Å². The number of halogens is 3. The standard InChI is InChI=1S/C17H15Cl2FN2O2/c1-17(2,15(23)21-12-5-3-4-11(20)9-12)16(24)22-14-7-6-10(18)8-13(14)19/h3-9H,1-2H3,(H,21,23)(H,22,24). The Morgan fingerprint density at radius 3 is 2.29 bits per heavy atom. The highest BCUT2D eigenvalue weighted by molar-refractivity contribution is 6.36. The average molecular weight is 369 g/mol. The molecule has 24 heavy (non-hydrogen) atoms. The number of carbonyl (C=O) groups is 2. The van der Waals surface area contributed by atoms with E-state index < -0.39 is 23.0 Å². The van der Waals surface area contributed by atoms with Gasteiger partial charge < -0.3 is 10.6 Å². The zero-order valence-corrected chi connectivity index (χ0v) is 14.5. The summed E-state index contributed by atoms with van der Waals surface area (Å²) in [5, 5.41) is 5.80. The summed E-state index contributed by atoms with van der Waals surface area (Å²) < 4.78 is 13.2. The Balaban J connectivity index is 2.12. The van der Waals surface area contributed by atoms with E-state index in [4.69, 9.17) is 23.2 Å². The highest BCUT2D eigenvalue weighted by Gasteiger charge is 2.36. The van der Waals surface area contributed by atoms with Crippen molar-refractivity contribution in [2.45, 2.75) is 13.8 Å². The summed E-state index contributed by atoms with van der Waals surface area (Å²) in [6.45, 7) is 2.92. The minimum Gasteiger partial charge on any atom is -0.325 e. The third kappa shape index (κ3) is 4.24. The molecule has 126 valence electrons. The first-order valence-corrected chi connectivity index (χ1v) is 7.79. The highest BCUT2D eigenvalue weighted by atomic mass is 35.5. The molecule has 2 rings (SSSR count). The maximum absolute atomic E-state index is 13.2. The monoisotopic (exact) mass is 368 g/mol. The second-order valence-electron chi connectivity index (χ2n) is 5.67. The summed E-state index contributed by atoms with van der Waals surface area (Å²) in [5.41, 5.74) is -0.793. The number of hydrogen-bond donors (Lipinski definition) is 2. The molecule has 0 spiro atoms. The van der Waals surface area contributed by atoms with E-state index in [0.717, 1.165) is 0 Å². The van der Waals surface area contributed by atoms with Crippen LogP contribution in [0, 0.1) is 11.2 Å². The molecule has 0 aliphatic rings. The second kappa shape index (κ2) is 7.20. The number of anilines is 2. The van der Waals surface area contributed by atoms with Crippen LogP contribution < -0.4 is 10.6 Å². The van der Waals surface area contributed by atoms with Gasteiger partial charge in [0, 0.05) is 10.7 Å². The van der Waals surface area contributed by atoms with Crippen molar-refractivity contribution in [3.05, 3.63) is 58.3 Å². The van der Waals surface area contributed by atoms with Crippen LogP contribution in [-0.4, -0.2) is 11.8 Å². The molecule has 0 atom stereocenters. The van der Waals surface area contributed by atoms with Crippen LogP contribution in [0.4, 0.5) is 15.8 Å². The second-order valence-corrected chi connectivity index (χ2v) is 6.51. The predicted molar refractivity (Wildman–Crippen MR) is 93.9 cm³/mol. The zero-order chi connectivity index (χ0) is 17.9. The van der Waals surface area contributed by atoms with Crippen LogP contribution in [0.5, 0.6) is 0 Å². The third-order valence-corrected chi connectivity index (χ3v) is 3.94. The molecular formula is C17H15Cl2FN2O2. The van der Waals surface area contributed by atoms with Crippen LogP contribution in [0.2, 0.25) is 10.0 Å². The van der Waals surface area contributed by atoms with Gasteiger partial charge in [-0.25, -0.2) is 4.39 Å². The van der Waals surface area contributed by atoms with E-state index in [9.17, 15) is 14.0 Å². The van der Waals surface area contributed by atoms with E-state index in [1.54, 1.807) is 12.1 Å². The fraction of sp³-hybridized carbons (Fsp3) is 0.176. The molecule has 7 heteroatoms. The van der Waals surface area contributed by atoms with Gasteiger partial charge in [0.05, 0.1) is 10.7 Å². The topological polar surface area (TPSA) is 58.2 Å². The van der Waals surface area contributed by atoms with Crippen molar-refractivity contribution < 1.29 is 14.0 Å². The van der Waals surface area contributed by atoms with Crippen LogP contribution in [-0.2, 0) is 9.59 Å². The SMILES string of the molecule is CC(C)(C(=O)Nc1cccc(F)c1)C(=O)Nc1ccc(Cl)cc1Cl. The molecule has 0 aromatic heterocycles. The van der Waals surface area contributed by atoms with E-state index >= 15 is 0 Å². The molecule has 0 radical (unpaired) electrons. The number of hydrogen-bond acceptors (Lipinski definition) is 2. The average Bonchev–Trinajstić information content (AvgIpc) is 2.49. The van der Waals surface area contributed by atoms with Crippen molar-refractivity contribution in [3.8, 4) is 0 Å². The largest absolute Gasteiger partial charge is 0.325 e.